The molecular weight excluding hydrogens is 520 g/mol. The molecule has 1 fully saturated rings. The first kappa shape index (κ1) is 27.6. The number of thiazole rings is 1. The zero-order valence-electron chi connectivity index (χ0n) is 22.0. The van der Waals surface area contributed by atoms with Gasteiger partial charge in [-0.1, -0.05) is 47.8 Å². The third-order valence-corrected chi connectivity index (χ3v) is 7.34. The van der Waals surface area contributed by atoms with Crippen LogP contribution in [-0.4, -0.2) is 46.1 Å². The van der Waals surface area contributed by atoms with Gasteiger partial charge in [-0.05, 0) is 57.0 Å². The summed E-state index contributed by atoms with van der Waals surface area (Å²) in [6, 6.07) is 8.75. The third-order valence-electron chi connectivity index (χ3n) is 6.20. The van der Waals surface area contributed by atoms with Crippen LogP contribution < -0.4 is 9.64 Å². The SMILES string of the molecule is C=CCOC(=O)c1sc(N2C(=O)C(=O)/C(=C(/O)c3cc(C)ccc3C)C2c2ccc(O)c(OCC)c2)nc1C. The van der Waals surface area contributed by atoms with Crippen molar-refractivity contribution in [1.29, 1.82) is 0 Å². The summed E-state index contributed by atoms with van der Waals surface area (Å²) in [7, 11) is 0. The number of ether oxygens (including phenoxy) is 2. The van der Waals surface area contributed by atoms with Crippen molar-refractivity contribution in [1.82, 2.24) is 4.98 Å². The third kappa shape index (κ3) is 5.15. The number of ketones is 1. The molecule has 0 bridgehead atoms. The number of esters is 1. The van der Waals surface area contributed by atoms with Crippen molar-refractivity contribution < 1.29 is 34.1 Å². The minimum Gasteiger partial charge on any atom is -0.507 e. The van der Waals surface area contributed by atoms with Crippen LogP contribution in [0.15, 0.2) is 54.6 Å². The van der Waals surface area contributed by atoms with E-state index in [-0.39, 0.29) is 46.1 Å². The summed E-state index contributed by atoms with van der Waals surface area (Å²) >= 11 is 0.900. The first-order valence-corrected chi connectivity index (χ1v) is 13.0. The molecule has 1 amide bonds. The van der Waals surface area contributed by atoms with E-state index < -0.39 is 23.7 Å². The lowest BCUT2D eigenvalue weighted by molar-refractivity contribution is -0.132. The number of amides is 1. The quantitative estimate of drug-likeness (QED) is 0.130. The van der Waals surface area contributed by atoms with Gasteiger partial charge in [-0.25, -0.2) is 9.78 Å². The molecule has 0 radical (unpaired) electrons. The fourth-order valence-corrected chi connectivity index (χ4v) is 5.32. The predicted molar refractivity (Wildman–Crippen MR) is 147 cm³/mol. The van der Waals surface area contributed by atoms with Crippen LogP contribution in [0, 0.1) is 20.8 Å². The molecule has 2 aromatic carbocycles. The van der Waals surface area contributed by atoms with Crippen LogP contribution in [-0.2, 0) is 14.3 Å². The number of nitrogens with zero attached hydrogens (tertiary/aromatic N) is 2. The van der Waals surface area contributed by atoms with Gasteiger partial charge >= 0.3 is 11.9 Å². The second kappa shape index (κ2) is 11.1. The summed E-state index contributed by atoms with van der Waals surface area (Å²) in [6.45, 7) is 10.8. The molecule has 1 aromatic heterocycles. The predicted octanol–water partition coefficient (Wildman–Crippen LogP) is 5.14. The Labute approximate surface area is 229 Å². The molecule has 0 spiro atoms. The molecule has 1 aliphatic rings. The Morgan fingerprint density at radius 3 is 2.62 bits per heavy atom. The molecule has 1 saturated heterocycles. The summed E-state index contributed by atoms with van der Waals surface area (Å²) in [4.78, 5) is 45.3. The number of benzene rings is 2. The minimum absolute atomic E-state index is 0.000419. The average Bonchev–Trinajstić information content (AvgIpc) is 3.41. The van der Waals surface area contributed by atoms with E-state index in [1.54, 1.807) is 26.8 Å². The summed E-state index contributed by atoms with van der Waals surface area (Å²) < 4.78 is 10.7. The lowest BCUT2D eigenvalue weighted by Gasteiger charge is -2.24. The van der Waals surface area contributed by atoms with Crippen molar-refractivity contribution >= 4 is 39.9 Å². The number of Topliss-reactive ketones (excluding diaryl/α,β-unsaturated/α-hetero) is 1. The number of aliphatic hydroxyl groups is 1. The second-order valence-electron chi connectivity index (χ2n) is 8.95. The largest absolute Gasteiger partial charge is 0.507 e. The van der Waals surface area contributed by atoms with Gasteiger partial charge in [-0.3, -0.25) is 14.5 Å². The summed E-state index contributed by atoms with van der Waals surface area (Å²) in [6.07, 6.45) is 1.43. The van der Waals surface area contributed by atoms with Crippen LogP contribution in [0.2, 0.25) is 0 Å². The van der Waals surface area contributed by atoms with Crippen LogP contribution in [0.5, 0.6) is 11.5 Å². The molecule has 1 atom stereocenters. The first-order chi connectivity index (χ1) is 18.6. The van der Waals surface area contributed by atoms with Crippen LogP contribution >= 0.6 is 11.3 Å². The van der Waals surface area contributed by atoms with Gasteiger partial charge in [0.1, 0.15) is 17.2 Å². The van der Waals surface area contributed by atoms with E-state index in [2.05, 4.69) is 11.6 Å². The van der Waals surface area contributed by atoms with Gasteiger partial charge in [0.25, 0.3) is 5.78 Å². The van der Waals surface area contributed by atoms with Crippen LogP contribution in [0.3, 0.4) is 0 Å². The molecule has 39 heavy (non-hydrogen) atoms. The second-order valence-corrected chi connectivity index (χ2v) is 9.92. The summed E-state index contributed by atoms with van der Waals surface area (Å²) in [5.41, 5.74) is 2.54. The summed E-state index contributed by atoms with van der Waals surface area (Å²) in [5, 5.41) is 21.8. The number of phenolic OH excluding ortho intramolecular Hbond substituents is 1. The molecule has 9 nitrogen and oxygen atoms in total. The van der Waals surface area contributed by atoms with E-state index in [0.717, 1.165) is 21.8 Å². The molecule has 4 rings (SSSR count). The molecule has 0 saturated carbocycles. The van der Waals surface area contributed by atoms with Gasteiger partial charge in [-0.15, -0.1) is 0 Å². The van der Waals surface area contributed by atoms with Gasteiger partial charge in [0.15, 0.2) is 16.6 Å². The molecule has 3 aromatic rings. The number of aliphatic hydroxyl groups excluding tert-OH is 1. The number of hydrogen-bond acceptors (Lipinski definition) is 9. The molecule has 2 heterocycles. The highest BCUT2D eigenvalue weighted by Crippen LogP contribution is 2.45. The maximum atomic E-state index is 13.5. The van der Waals surface area contributed by atoms with Crippen molar-refractivity contribution in [2.75, 3.05) is 18.1 Å². The summed E-state index contributed by atoms with van der Waals surface area (Å²) in [5.74, 6) is -2.78. The van der Waals surface area contributed by atoms with E-state index in [1.807, 2.05) is 19.1 Å². The van der Waals surface area contributed by atoms with Crippen molar-refractivity contribution in [3.8, 4) is 11.5 Å². The average molecular weight is 549 g/mol. The van der Waals surface area contributed by atoms with Crippen LogP contribution in [0.1, 0.15) is 50.6 Å². The molecule has 1 aliphatic heterocycles. The van der Waals surface area contributed by atoms with E-state index in [4.69, 9.17) is 9.47 Å². The molecular formula is C29H28N2O7S. The van der Waals surface area contributed by atoms with Crippen molar-refractivity contribution in [2.45, 2.75) is 33.7 Å². The Balaban J connectivity index is 1.95. The normalized spacial score (nSPS) is 16.4. The van der Waals surface area contributed by atoms with E-state index in [1.165, 1.54) is 24.3 Å². The highest BCUT2D eigenvalue weighted by atomic mass is 32.1. The lowest BCUT2D eigenvalue weighted by Crippen LogP contribution is -2.29. The van der Waals surface area contributed by atoms with E-state index in [0.29, 0.717) is 22.4 Å². The van der Waals surface area contributed by atoms with Gasteiger partial charge < -0.3 is 19.7 Å². The highest BCUT2D eigenvalue weighted by Gasteiger charge is 2.48. The number of phenols is 1. The Hall–Kier alpha value is -4.44. The fourth-order valence-electron chi connectivity index (χ4n) is 4.33. The minimum atomic E-state index is -1.12. The fraction of sp³-hybridized carbons (Fsp3) is 0.241. The number of anilines is 1. The van der Waals surface area contributed by atoms with Crippen molar-refractivity contribution in [3.63, 3.8) is 0 Å². The molecule has 202 valence electrons. The van der Waals surface area contributed by atoms with Crippen LogP contribution in [0.25, 0.3) is 5.76 Å². The molecule has 10 heteroatoms. The Morgan fingerprint density at radius 2 is 1.92 bits per heavy atom. The first-order valence-electron chi connectivity index (χ1n) is 12.2. The van der Waals surface area contributed by atoms with Crippen molar-refractivity contribution in [3.05, 3.63) is 87.5 Å². The maximum absolute atomic E-state index is 13.5. The topological polar surface area (TPSA) is 126 Å². The number of aryl methyl sites for hydroxylation is 3. The molecule has 0 aliphatic carbocycles. The van der Waals surface area contributed by atoms with Crippen LogP contribution in [0.4, 0.5) is 5.13 Å². The number of carbonyl (C=O) groups excluding carboxylic acids is 3. The smallest absolute Gasteiger partial charge is 0.350 e. The van der Waals surface area contributed by atoms with Crippen molar-refractivity contribution in [2.24, 2.45) is 0 Å². The van der Waals surface area contributed by atoms with Gasteiger partial charge in [0.05, 0.1) is 23.9 Å². The zero-order valence-corrected chi connectivity index (χ0v) is 22.8. The number of aromatic nitrogens is 1. The number of rotatable bonds is 8. The molecule has 1 unspecified atom stereocenters. The zero-order chi connectivity index (χ0) is 28.4. The van der Waals surface area contributed by atoms with Gasteiger partial charge in [-0.2, -0.15) is 0 Å². The lowest BCUT2D eigenvalue weighted by atomic mass is 9.93. The highest BCUT2D eigenvalue weighted by molar-refractivity contribution is 7.17. The van der Waals surface area contributed by atoms with E-state index in [9.17, 15) is 24.6 Å². The number of carbonyl (C=O) groups is 3. The number of aromatic hydroxyl groups is 1. The number of hydrogen-bond donors (Lipinski definition) is 2. The monoisotopic (exact) mass is 548 g/mol. The van der Waals surface area contributed by atoms with E-state index >= 15 is 0 Å². The Kier molecular flexibility index (Phi) is 7.87. The van der Waals surface area contributed by atoms with Gasteiger partial charge in [0.2, 0.25) is 0 Å². The standard InChI is InChI=1S/C29H28N2O7S/c1-6-12-38-28(36)26-17(5)30-29(39-26)31-23(18-10-11-20(32)21(14-18)37-7-2)22(25(34)27(31)35)24(33)19-13-15(3)8-9-16(19)4/h6,8-11,13-14,23,32-33H,1,7,12H2,2-5H3/b24-22+. The van der Waals surface area contributed by atoms with Gasteiger partial charge in [0, 0.05) is 5.56 Å². The maximum Gasteiger partial charge on any atom is 0.350 e. The Bertz CT molecular complexity index is 1520. The Morgan fingerprint density at radius 1 is 1.18 bits per heavy atom. The molecule has 2 N–H and O–H groups in total.